The molecular weight excluding hydrogens is 432 g/mol. The summed E-state index contributed by atoms with van der Waals surface area (Å²) in [7, 11) is 0. The third-order valence-corrected chi connectivity index (χ3v) is 5.28. The molecule has 0 saturated carbocycles. The molecule has 0 spiro atoms. The minimum atomic E-state index is -2.74. The maximum atomic E-state index is 10.3. The Morgan fingerprint density at radius 3 is 1.06 bits per heavy atom. The Labute approximate surface area is 197 Å². The lowest BCUT2D eigenvalue weighted by Gasteiger charge is -2.18. The van der Waals surface area contributed by atoms with Gasteiger partial charge in [-0.3, -0.25) is 14.4 Å². The number of rotatable bonds is 21. The molecule has 0 unspecified atom stereocenters. The zero-order valence-electron chi connectivity index (χ0n) is 20.1. The van der Waals surface area contributed by atoms with E-state index in [1.807, 2.05) is 0 Å². The molecule has 0 aromatic carbocycles. The van der Waals surface area contributed by atoms with Crippen molar-refractivity contribution in [2.45, 2.75) is 128 Å². The van der Waals surface area contributed by atoms with E-state index in [-0.39, 0.29) is 0 Å². The van der Waals surface area contributed by atoms with Crippen LogP contribution in [0.3, 0.4) is 0 Å². The summed E-state index contributed by atoms with van der Waals surface area (Å²) in [5.74, 6) is -5.67. The number of unbranched alkanes of at least 4 members (excludes halogenated alkanes) is 14. The van der Waals surface area contributed by atoms with Crippen LogP contribution in [0.1, 0.15) is 122 Å². The second-order valence-electron chi connectivity index (χ2n) is 8.57. The van der Waals surface area contributed by atoms with E-state index in [2.05, 4.69) is 6.92 Å². The summed E-state index contributed by atoms with van der Waals surface area (Å²) >= 11 is 0. The van der Waals surface area contributed by atoms with E-state index in [9.17, 15) is 19.2 Å². The minimum Gasteiger partial charge on any atom is -0.481 e. The molecular formula is C24H44O9. The maximum absolute atomic E-state index is 10.3. The average Bonchev–Trinajstić information content (AvgIpc) is 2.70. The van der Waals surface area contributed by atoms with Gasteiger partial charge in [-0.15, -0.1) is 0 Å². The normalized spacial score (nSPS) is 10.8. The SMILES string of the molecule is CCCCCCCCCCCCCCCCCC(=O)O.O=C(O)CC(O)(CC(=O)O)C(=O)O. The molecule has 9 nitrogen and oxygen atoms in total. The van der Waals surface area contributed by atoms with Crippen LogP contribution < -0.4 is 0 Å². The van der Waals surface area contributed by atoms with Crippen molar-refractivity contribution in [2.24, 2.45) is 0 Å². The van der Waals surface area contributed by atoms with Crippen LogP contribution in [0, 0.1) is 0 Å². The first-order chi connectivity index (χ1) is 15.5. The third kappa shape index (κ3) is 24.3. The highest BCUT2D eigenvalue weighted by Gasteiger charge is 2.40. The van der Waals surface area contributed by atoms with Gasteiger partial charge in [-0.1, -0.05) is 96.8 Å². The molecule has 0 aromatic heterocycles. The summed E-state index contributed by atoms with van der Waals surface area (Å²) in [6.07, 6.45) is 17.9. The molecule has 0 amide bonds. The lowest BCUT2D eigenvalue weighted by atomic mass is 9.96. The second kappa shape index (κ2) is 21.7. The lowest BCUT2D eigenvalue weighted by molar-refractivity contribution is -0.170. The Hall–Kier alpha value is -2.16. The number of hydrogen-bond acceptors (Lipinski definition) is 5. The Kier molecular flexibility index (Phi) is 21.7. The molecule has 33 heavy (non-hydrogen) atoms. The Morgan fingerprint density at radius 2 is 0.818 bits per heavy atom. The first-order valence-corrected chi connectivity index (χ1v) is 12.2. The van der Waals surface area contributed by atoms with Crippen molar-refractivity contribution >= 4 is 23.9 Å². The van der Waals surface area contributed by atoms with E-state index in [0.717, 1.165) is 12.8 Å². The van der Waals surface area contributed by atoms with Crippen LogP contribution in [-0.4, -0.2) is 55.0 Å². The lowest BCUT2D eigenvalue weighted by Crippen LogP contribution is -2.42. The molecule has 194 valence electrons. The van der Waals surface area contributed by atoms with E-state index >= 15 is 0 Å². The predicted octanol–water partition coefficient (Wildman–Crippen LogP) is 5.08. The molecule has 0 heterocycles. The zero-order valence-corrected chi connectivity index (χ0v) is 20.1. The van der Waals surface area contributed by atoms with Crippen molar-refractivity contribution in [2.75, 3.05) is 0 Å². The molecule has 0 aromatic rings. The van der Waals surface area contributed by atoms with Crippen LogP contribution in [0.25, 0.3) is 0 Å². The van der Waals surface area contributed by atoms with Gasteiger partial charge in [0, 0.05) is 6.42 Å². The second-order valence-corrected chi connectivity index (χ2v) is 8.57. The summed E-state index contributed by atoms with van der Waals surface area (Å²) in [6, 6.07) is 0. The summed E-state index contributed by atoms with van der Waals surface area (Å²) in [4.78, 5) is 40.8. The largest absolute Gasteiger partial charge is 0.481 e. The average molecular weight is 477 g/mol. The molecule has 0 aliphatic rings. The standard InChI is InChI=1S/C18H36O2.C6H8O7/c1-2-3-4-5-6-7-8-9-10-11-12-13-14-15-16-17-18(19)20;7-3(8)1-6(13,5(11)12)2-4(9)10/h2-17H2,1H3,(H,19,20);13H,1-2H2,(H,7,8)(H,9,10)(H,11,12). The van der Waals surface area contributed by atoms with Crippen LogP contribution in [0.15, 0.2) is 0 Å². The molecule has 0 atom stereocenters. The van der Waals surface area contributed by atoms with Crippen LogP contribution in [0.4, 0.5) is 0 Å². The van der Waals surface area contributed by atoms with Gasteiger partial charge < -0.3 is 25.5 Å². The predicted molar refractivity (Wildman–Crippen MR) is 124 cm³/mol. The Bertz CT molecular complexity index is 530. The van der Waals surface area contributed by atoms with Gasteiger partial charge in [0.05, 0.1) is 12.8 Å². The van der Waals surface area contributed by atoms with E-state index in [1.165, 1.54) is 83.5 Å². The number of carbonyl (C=O) groups is 4. The van der Waals surface area contributed by atoms with Crippen molar-refractivity contribution in [1.82, 2.24) is 0 Å². The fourth-order valence-corrected chi connectivity index (χ4v) is 3.36. The number of carboxylic acid groups (broad SMARTS) is 4. The van der Waals surface area contributed by atoms with Crippen LogP contribution in [0.5, 0.6) is 0 Å². The highest BCUT2D eigenvalue weighted by Crippen LogP contribution is 2.16. The highest BCUT2D eigenvalue weighted by atomic mass is 16.4. The first kappa shape index (κ1) is 33.0. The van der Waals surface area contributed by atoms with Crippen LogP contribution >= 0.6 is 0 Å². The number of carboxylic acids is 4. The summed E-state index contributed by atoms with van der Waals surface area (Å²) in [5, 5.41) is 42.3. The molecule has 0 bridgehead atoms. The van der Waals surface area contributed by atoms with Crippen molar-refractivity contribution < 1.29 is 44.7 Å². The van der Waals surface area contributed by atoms with Crippen molar-refractivity contribution in [3.8, 4) is 0 Å². The fraction of sp³-hybridized carbons (Fsp3) is 0.833. The van der Waals surface area contributed by atoms with Crippen molar-refractivity contribution in [1.29, 1.82) is 0 Å². The molecule has 0 fully saturated rings. The van der Waals surface area contributed by atoms with E-state index in [4.69, 9.17) is 25.5 Å². The number of aliphatic hydroxyl groups is 1. The molecule has 5 N–H and O–H groups in total. The quantitative estimate of drug-likeness (QED) is 0.142. The summed E-state index contributed by atoms with van der Waals surface area (Å²) in [5.41, 5.74) is -2.74. The van der Waals surface area contributed by atoms with Gasteiger partial charge in [-0.2, -0.15) is 0 Å². The van der Waals surface area contributed by atoms with Crippen molar-refractivity contribution in [3.63, 3.8) is 0 Å². The topological polar surface area (TPSA) is 169 Å². The van der Waals surface area contributed by atoms with Crippen LogP contribution in [-0.2, 0) is 19.2 Å². The molecule has 0 aliphatic heterocycles. The van der Waals surface area contributed by atoms with E-state index in [0.29, 0.717) is 6.42 Å². The minimum absolute atomic E-state index is 0.345. The van der Waals surface area contributed by atoms with Gasteiger partial charge in [-0.25, -0.2) is 4.79 Å². The molecule has 0 aliphatic carbocycles. The maximum Gasteiger partial charge on any atom is 0.336 e. The molecule has 9 heteroatoms. The van der Waals surface area contributed by atoms with E-state index in [1.54, 1.807) is 0 Å². The van der Waals surface area contributed by atoms with Gasteiger partial charge in [0.15, 0.2) is 5.60 Å². The smallest absolute Gasteiger partial charge is 0.336 e. The summed E-state index contributed by atoms with van der Waals surface area (Å²) < 4.78 is 0. The number of aliphatic carboxylic acids is 4. The van der Waals surface area contributed by atoms with E-state index < -0.39 is 42.3 Å². The monoisotopic (exact) mass is 476 g/mol. The zero-order chi connectivity index (χ0) is 25.5. The Morgan fingerprint density at radius 1 is 0.515 bits per heavy atom. The fourth-order valence-electron chi connectivity index (χ4n) is 3.36. The summed E-state index contributed by atoms with van der Waals surface area (Å²) in [6.45, 7) is 2.27. The first-order valence-electron chi connectivity index (χ1n) is 12.2. The third-order valence-electron chi connectivity index (χ3n) is 5.28. The van der Waals surface area contributed by atoms with Gasteiger partial charge in [0.25, 0.3) is 0 Å². The van der Waals surface area contributed by atoms with Gasteiger partial charge in [0.1, 0.15) is 0 Å². The van der Waals surface area contributed by atoms with Crippen LogP contribution in [0.2, 0.25) is 0 Å². The molecule has 0 saturated heterocycles. The number of hydrogen-bond donors (Lipinski definition) is 5. The highest BCUT2D eigenvalue weighted by molar-refractivity contribution is 5.88. The van der Waals surface area contributed by atoms with Crippen molar-refractivity contribution in [3.05, 3.63) is 0 Å². The molecule has 0 radical (unpaired) electrons. The van der Waals surface area contributed by atoms with Gasteiger partial charge >= 0.3 is 23.9 Å². The van der Waals surface area contributed by atoms with Gasteiger partial charge in [0.2, 0.25) is 0 Å². The Balaban J connectivity index is 0. The van der Waals surface area contributed by atoms with Gasteiger partial charge in [-0.05, 0) is 6.42 Å². The molecule has 0 rings (SSSR count).